The number of anilines is 2. The molecule has 1 atom stereocenters. The van der Waals surface area contributed by atoms with E-state index < -0.39 is 0 Å². The topological polar surface area (TPSA) is 102 Å². The number of H-pyrrole nitrogens is 1. The number of aromatic nitrogens is 3. The molecule has 0 bridgehead atoms. The van der Waals surface area contributed by atoms with Crippen LogP contribution in [0.25, 0.3) is 0 Å². The highest BCUT2D eigenvalue weighted by Crippen LogP contribution is 2.43. The summed E-state index contributed by atoms with van der Waals surface area (Å²) in [7, 11) is 1.57. The fourth-order valence-corrected chi connectivity index (χ4v) is 4.81. The molecule has 9 heteroatoms. The predicted molar refractivity (Wildman–Crippen MR) is 140 cm³/mol. The fraction of sp³-hybridized carbons (Fsp3) is 0.250. The maximum Gasteiger partial charge on any atom is 0.271 e. The standard InChI is InChI=1S/C28H27N5O4/c1-35-26-16-31-21(15-32-26)14-30-20-7-8-24-19(13-20)12-18-4-2-5-22(27(18)37-24)25-17-33(10-11-36-25)23-6-3-9-29-28(23)34/h2-9,13,15-16,25,30H,10-12,14,17H2,1H3,(H,29,34). The Labute approximate surface area is 214 Å². The third-order valence-electron chi connectivity index (χ3n) is 6.70. The van der Waals surface area contributed by atoms with Gasteiger partial charge in [-0.1, -0.05) is 18.2 Å². The van der Waals surface area contributed by atoms with Gasteiger partial charge in [0, 0.05) is 42.5 Å². The third-order valence-corrected chi connectivity index (χ3v) is 6.70. The van der Waals surface area contributed by atoms with Gasteiger partial charge in [0.2, 0.25) is 5.88 Å². The minimum Gasteiger partial charge on any atom is -0.480 e. The number of pyridine rings is 1. The first-order valence-corrected chi connectivity index (χ1v) is 12.2. The molecule has 188 valence electrons. The lowest BCUT2D eigenvalue weighted by Gasteiger charge is -2.35. The molecule has 4 aromatic rings. The monoisotopic (exact) mass is 497 g/mol. The minimum atomic E-state index is -0.198. The van der Waals surface area contributed by atoms with Gasteiger partial charge in [-0.15, -0.1) is 0 Å². The number of nitrogens with zero attached hydrogens (tertiary/aromatic N) is 3. The van der Waals surface area contributed by atoms with Gasteiger partial charge in [-0.05, 0) is 35.9 Å². The molecule has 9 nitrogen and oxygen atoms in total. The highest BCUT2D eigenvalue weighted by molar-refractivity contribution is 5.59. The molecule has 0 spiro atoms. The Kier molecular flexibility index (Phi) is 6.20. The van der Waals surface area contributed by atoms with E-state index in [1.165, 1.54) is 0 Å². The molecule has 0 aliphatic carbocycles. The molecule has 1 saturated heterocycles. The van der Waals surface area contributed by atoms with Crippen LogP contribution < -0.4 is 25.2 Å². The van der Waals surface area contributed by atoms with Gasteiger partial charge in [0.1, 0.15) is 23.3 Å². The SMILES string of the molecule is COc1cnc(CNc2ccc3c(c2)Cc2cccc(C4CN(c5ccc[nH]c5=O)CCO4)c2O3)cn1. The highest BCUT2D eigenvalue weighted by Gasteiger charge is 2.29. The number of ether oxygens (including phenoxy) is 3. The van der Waals surface area contributed by atoms with Crippen LogP contribution in [0.5, 0.6) is 17.4 Å². The van der Waals surface area contributed by atoms with Crippen LogP contribution in [0.2, 0.25) is 0 Å². The molecule has 2 aromatic heterocycles. The van der Waals surface area contributed by atoms with Crippen molar-refractivity contribution in [1.82, 2.24) is 15.0 Å². The van der Waals surface area contributed by atoms with Crippen LogP contribution >= 0.6 is 0 Å². The van der Waals surface area contributed by atoms with Gasteiger partial charge in [0.15, 0.2) is 0 Å². The van der Waals surface area contributed by atoms with E-state index in [2.05, 4.69) is 43.4 Å². The summed E-state index contributed by atoms with van der Waals surface area (Å²) >= 11 is 0. The zero-order chi connectivity index (χ0) is 25.2. The van der Waals surface area contributed by atoms with Gasteiger partial charge in [-0.3, -0.25) is 9.78 Å². The van der Waals surface area contributed by atoms with E-state index >= 15 is 0 Å². The van der Waals surface area contributed by atoms with Crippen LogP contribution in [-0.4, -0.2) is 41.8 Å². The maximum absolute atomic E-state index is 12.3. The van der Waals surface area contributed by atoms with E-state index in [9.17, 15) is 4.79 Å². The smallest absolute Gasteiger partial charge is 0.271 e. The second kappa shape index (κ2) is 9.94. The normalized spacial score (nSPS) is 16.4. The lowest BCUT2D eigenvalue weighted by atomic mass is 9.95. The van der Waals surface area contributed by atoms with Gasteiger partial charge in [-0.2, -0.15) is 0 Å². The molecule has 4 heterocycles. The fourth-order valence-electron chi connectivity index (χ4n) is 4.81. The molecule has 37 heavy (non-hydrogen) atoms. The number of fused-ring (bicyclic) bond motifs is 2. The molecule has 0 radical (unpaired) electrons. The number of nitrogens with one attached hydrogen (secondary N) is 2. The number of rotatable bonds is 6. The number of methoxy groups -OCH3 is 1. The Bertz CT molecular complexity index is 1470. The second-order valence-electron chi connectivity index (χ2n) is 9.03. The second-order valence-corrected chi connectivity index (χ2v) is 9.03. The molecule has 1 unspecified atom stereocenters. The van der Waals surface area contributed by atoms with Gasteiger partial charge < -0.3 is 29.4 Å². The van der Waals surface area contributed by atoms with Crippen molar-refractivity contribution in [3.63, 3.8) is 0 Å². The summed E-state index contributed by atoms with van der Waals surface area (Å²) in [5, 5.41) is 3.41. The Hall–Kier alpha value is -4.37. The summed E-state index contributed by atoms with van der Waals surface area (Å²) < 4.78 is 17.7. The van der Waals surface area contributed by atoms with Crippen molar-refractivity contribution < 1.29 is 14.2 Å². The zero-order valence-corrected chi connectivity index (χ0v) is 20.4. The average molecular weight is 498 g/mol. The number of para-hydroxylation sites is 1. The first-order chi connectivity index (χ1) is 18.2. The van der Waals surface area contributed by atoms with Crippen LogP contribution in [-0.2, 0) is 17.7 Å². The lowest BCUT2D eigenvalue weighted by Crippen LogP contribution is -2.41. The first kappa shape index (κ1) is 23.1. The van der Waals surface area contributed by atoms with Crippen LogP contribution in [0.1, 0.15) is 28.5 Å². The average Bonchev–Trinajstić information content (AvgIpc) is 2.95. The summed E-state index contributed by atoms with van der Waals surface area (Å²) in [4.78, 5) is 25.7. The summed E-state index contributed by atoms with van der Waals surface area (Å²) in [6.07, 6.45) is 5.52. The molecular weight excluding hydrogens is 470 g/mol. The van der Waals surface area contributed by atoms with Crippen LogP contribution in [0.15, 0.2) is 71.9 Å². The van der Waals surface area contributed by atoms with E-state index in [-0.39, 0.29) is 11.7 Å². The van der Waals surface area contributed by atoms with Crippen molar-refractivity contribution in [2.24, 2.45) is 0 Å². The predicted octanol–water partition coefficient (Wildman–Crippen LogP) is 4.06. The van der Waals surface area contributed by atoms with E-state index in [1.54, 1.807) is 25.7 Å². The van der Waals surface area contributed by atoms with Crippen LogP contribution in [0.4, 0.5) is 11.4 Å². The molecule has 1 fully saturated rings. The number of aromatic amines is 1. The maximum atomic E-state index is 12.3. The van der Waals surface area contributed by atoms with E-state index in [0.29, 0.717) is 37.8 Å². The summed E-state index contributed by atoms with van der Waals surface area (Å²) in [6, 6.07) is 16.0. The number of benzene rings is 2. The Morgan fingerprint density at radius 3 is 2.92 bits per heavy atom. The number of hydrogen-bond acceptors (Lipinski definition) is 8. The van der Waals surface area contributed by atoms with Crippen molar-refractivity contribution in [2.75, 3.05) is 37.0 Å². The quantitative estimate of drug-likeness (QED) is 0.362. The molecule has 6 rings (SSSR count). The summed E-state index contributed by atoms with van der Waals surface area (Å²) in [5.41, 5.74) is 5.60. The molecule has 0 saturated carbocycles. The van der Waals surface area contributed by atoms with E-state index in [1.807, 2.05) is 30.3 Å². The molecule has 0 amide bonds. The summed E-state index contributed by atoms with van der Waals surface area (Å²) in [5.74, 6) is 2.17. The van der Waals surface area contributed by atoms with E-state index in [0.717, 1.165) is 46.0 Å². The minimum absolute atomic E-state index is 0.0909. The Balaban J connectivity index is 1.19. The molecule has 2 N–H and O–H groups in total. The van der Waals surface area contributed by atoms with Gasteiger partial charge in [0.25, 0.3) is 5.56 Å². The number of morpholine rings is 1. The first-order valence-electron chi connectivity index (χ1n) is 12.2. The molecule has 2 aliphatic heterocycles. The van der Waals surface area contributed by atoms with Crippen molar-refractivity contribution in [3.05, 3.63) is 99.9 Å². The largest absolute Gasteiger partial charge is 0.480 e. The van der Waals surface area contributed by atoms with Crippen molar-refractivity contribution in [3.8, 4) is 17.4 Å². The van der Waals surface area contributed by atoms with Gasteiger partial charge >= 0.3 is 0 Å². The van der Waals surface area contributed by atoms with Crippen molar-refractivity contribution in [1.29, 1.82) is 0 Å². The van der Waals surface area contributed by atoms with Crippen LogP contribution in [0, 0.1) is 0 Å². The molecular formula is C28H27N5O4. The van der Waals surface area contributed by atoms with Crippen LogP contribution in [0.3, 0.4) is 0 Å². The number of hydrogen-bond donors (Lipinski definition) is 2. The van der Waals surface area contributed by atoms with Gasteiger partial charge in [-0.25, -0.2) is 4.98 Å². The van der Waals surface area contributed by atoms with Crippen molar-refractivity contribution >= 4 is 11.4 Å². The third kappa shape index (κ3) is 4.73. The van der Waals surface area contributed by atoms with Crippen molar-refractivity contribution in [2.45, 2.75) is 19.1 Å². The summed E-state index contributed by atoms with van der Waals surface area (Å²) in [6.45, 7) is 2.33. The molecule has 2 aromatic carbocycles. The lowest BCUT2D eigenvalue weighted by molar-refractivity contribution is 0.0383. The van der Waals surface area contributed by atoms with Gasteiger partial charge in [0.05, 0.1) is 38.3 Å². The molecule has 2 aliphatic rings. The Morgan fingerprint density at radius 2 is 2.08 bits per heavy atom. The van der Waals surface area contributed by atoms with E-state index in [4.69, 9.17) is 14.2 Å². The Morgan fingerprint density at radius 1 is 1.14 bits per heavy atom. The highest BCUT2D eigenvalue weighted by atomic mass is 16.5. The zero-order valence-electron chi connectivity index (χ0n) is 20.4.